The number of carbonyl (C=O) groups is 1. The van der Waals surface area contributed by atoms with Crippen LogP contribution in [0.4, 0.5) is 0 Å². The molecule has 1 aliphatic heterocycles. The van der Waals surface area contributed by atoms with E-state index in [1.807, 2.05) is 4.90 Å². The normalized spacial score (nSPS) is 31.0. The first-order valence-corrected chi connectivity index (χ1v) is 8.84. The molecule has 0 bridgehead atoms. The smallest absolute Gasteiger partial charge is 0.236 e. The topological polar surface area (TPSA) is 52.6 Å². The van der Waals surface area contributed by atoms with Gasteiger partial charge < -0.3 is 15.3 Å². The van der Waals surface area contributed by atoms with Crippen LogP contribution in [0.3, 0.4) is 0 Å². The summed E-state index contributed by atoms with van der Waals surface area (Å²) in [7, 11) is 0. The molecule has 1 heterocycles. The van der Waals surface area contributed by atoms with Gasteiger partial charge in [-0.2, -0.15) is 0 Å². The molecule has 2 N–H and O–H groups in total. The molecular weight excluding hydrogens is 264 g/mol. The van der Waals surface area contributed by atoms with Gasteiger partial charge in [-0.05, 0) is 44.4 Å². The maximum absolute atomic E-state index is 12.2. The molecule has 2 fully saturated rings. The number of nitrogens with one attached hydrogen (secondary N) is 1. The molecule has 21 heavy (non-hydrogen) atoms. The summed E-state index contributed by atoms with van der Waals surface area (Å²) in [6.07, 6.45) is 9.96. The van der Waals surface area contributed by atoms with E-state index in [0.717, 1.165) is 57.5 Å². The van der Waals surface area contributed by atoms with Crippen molar-refractivity contribution >= 4 is 5.91 Å². The zero-order valence-electron chi connectivity index (χ0n) is 13.6. The highest BCUT2D eigenvalue weighted by atomic mass is 16.3. The molecule has 0 atom stereocenters. The van der Waals surface area contributed by atoms with E-state index >= 15 is 0 Å². The van der Waals surface area contributed by atoms with Crippen molar-refractivity contribution in [1.82, 2.24) is 10.2 Å². The Hall–Kier alpha value is -0.610. The van der Waals surface area contributed by atoms with Gasteiger partial charge in [0.05, 0.1) is 12.1 Å². The van der Waals surface area contributed by atoms with Gasteiger partial charge in [-0.3, -0.25) is 4.79 Å². The van der Waals surface area contributed by atoms with Gasteiger partial charge in [-0.1, -0.05) is 26.2 Å². The van der Waals surface area contributed by atoms with E-state index in [4.69, 9.17) is 0 Å². The van der Waals surface area contributed by atoms with E-state index in [1.54, 1.807) is 0 Å². The van der Waals surface area contributed by atoms with Crippen molar-refractivity contribution < 1.29 is 9.90 Å². The minimum Gasteiger partial charge on any atom is -0.389 e. The molecule has 1 aliphatic carbocycles. The third kappa shape index (κ3) is 5.26. The largest absolute Gasteiger partial charge is 0.389 e. The molecule has 4 nitrogen and oxygen atoms in total. The highest BCUT2D eigenvalue weighted by molar-refractivity contribution is 5.78. The zero-order chi connectivity index (χ0) is 15.1. The Labute approximate surface area is 129 Å². The second-order valence-electron chi connectivity index (χ2n) is 6.97. The number of aliphatic hydroxyl groups is 1. The molecule has 1 saturated carbocycles. The summed E-state index contributed by atoms with van der Waals surface area (Å²) in [6, 6.07) is 0. The minimum absolute atomic E-state index is 0.197. The Kier molecular flexibility index (Phi) is 6.49. The fraction of sp³-hybridized carbons (Fsp3) is 0.941. The number of hydrogen-bond acceptors (Lipinski definition) is 3. The predicted molar refractivity (Wildman–Crippen MR) is 85.1 cm³/mol. The molecule has 122 valence electrons. The fourth-order valence-corrected chi connectivity index (χ4v) is 3.63. The lowest BCUT2D eigenvalue weighted by Gasteiger charge is -2.36. The summed E-state index contributed by atoms with van der Waals surface area (Å²) in [4.78, 5) is 14.2. The molecular formula is C17H32N2O2. The summed E-state index contributed by atoms with van der Waals surface area (Å²) in [5.74, 6) is 0.978. The van der Waals surface area contributed by atoms with Gasteiger partial charge in [0, 0.05) is 19.6 Å². The molecule has 0 aromatic rings. The Morgan fingerprint density at radius 2 is 1.81 bits per heavy atom. The highest BCUT2D eigenvalue weighted by Crippen LogP contribution is 2.33. The van der Waals surface area contributed by atoms with Gasteiger partial charge >= 0.3 is 0 Å². The lowest BCUT2D eigenvalue weighted by atomic mass is 9.78. The van der Waals surface area contributed by atoms with Crippen LogP contribution in [0.2, 0.25) is 0 Å². The number of nitrogens with zero attached hydrogens (tertiary/aromatic N) is 1. The van der Waals surface area contributed by atoms with Crippen molar-refractivity contribution in [3.8, 4) is 0 Å². The summed E-state index contributed by atoms with van der Waals surface area (Å²) in [5.41, 5.74) is -0.593. The van der Waals surface area contributed by atoms with Gasteiger partial charge in [0.2, 0.25) is 5.91 Å². The first-order chi connectivity index (χ1) is 10.1. The van der Waals surface area contributed by atoms with Crippen LogP contribution < -0.4 is 5.32 Å². The van der Waals surface area contributed by atoms with Crippen molar-refractivity contribution in [2.24, 2.45) is 5.92 Å². The number of likely N-dealkylation sites (tertiary alicyclic amines) is 1. The number of hydrogen-bond donors (Lipinski definition) is 2. The molecule has 0 radical (unpaired) electrons. The van der Waals surface area contributed by atoms with Crippen LogP contribution in [0.1, 0.15) is 64.7 Å². The third-order valence-corrected chi connectivity index (χ3v) is 5.30. The molecule has 0 spiro atoms. The van der Waals surface area contributed by atoms with E-state index in [1.165, 1.54) is 19.3 Å². The van der Waals surface area contributed by atoms with Gasteiger partial charge in [-0.25, -0.2) is 0 Å². The van der Waals surface area contributed by atoms with Gasteiger partial charge in [-0.15, -0.1) is 0 Å². The SMILES string of the molecule is CCC1CCC(O)(CNCC(=O)N2CCCCCC2)CC1. The van der Waals surface area contributed by atoms with Gasteiger partial charge in [0.25, 0.3) is 0 Å². The molecule has 1 saturated heterocycles. The maximum atomic E-state index is 12.2. The summed E-state index contributed by atoms with van der Waals surface area (Å²) < 4.78 is 0. The van der Waals surface area contributed by atoms with Gasteiger partial charge in [0.1, 0.15) is 0 Å². The monoisotopic (exact) mass is 296 g/mol. The Morgan fingerprint density at radius 1 is 1.19 bits per heavy atom. The maximum Gasteiger partial charge on any atom is 0.236 e. The standard InChI is InChI=1S/C17H32N2O2/c1-2-15-7-9-17(21,10-8-15)14-18-13-16(20)19-11-5-3-4-6-12-19/h15,18,21H,2-14H2,1H3. The molecule has 2 aliphatic rings. The van der Waals surface area contributed by atoms with E-state index < -0.39 is 5.60 Å². The summed E-state index contributed by atoms with van der Waals surface area (Å²) in [5, 5.41) is 13.8. The van der Waals surface area contributed by atoms with Crippen molar-refractivity contribution in [2.45, 2.75) is 70.3 Å². The van der Waals surface area contributed by atoms with E-state index in [0.29, 0.717) is 13.1 Å². The predicted octanol–water partition coefficient (Wildman–Crippen LogP) is 2.31. The zero-order valence-corrected chi connectivity index (χ0v) is 13.6. The number of rotatable bonds is 5. The second kappa shape index (κ2) is 8.14. The van der Waals surface area contributed by atoms with Gasteiger partial charge in [0.15, 0.2) is 0 Å². The second-order valence-corrected chi connectivity index (χ2v) is 6.97. The fourth-order valence-electron chi connectivity index (χ4n) is 3.63. The minimum atomic E-state index is -0.593. The Balaban J connectivity index is 1.67. The van der Waals surface area contributed by atoms with Crippen LogP contribution in [0.25, 0.3) is 0 Å². The van der Waals surface area contributed by atoms with Crippen molar-refractivity contribution in [1.29, 1.82) is 0 Å². The highest BCUT2D eigenvalue weighted by Gasteiger charge is 2.32. The van der Waals surface area contributed by atoms with Crippen molar-refractivity contribution in [3.63, 3.8) is 0 Å². The average molecular weight is 296 g/mol. The Morgan fingerprint density at radius 3 is 2.38 bits per heavy atom. The third-order valence-electron chi connectivity index (χ3n) is 5.30. The number of amides is 1. The molecule has 1 amide bonds. The number of carbonyl (C=O) groups excluding carboxylic acids is 1. The summed E-state index contributed by atoms with van der Waals surface area (Å²) in [6.45, 7) is 4.97. The van der Waals surface area contributed by atoms with E-state index in [2.05, 4.69) is 12.2 Å². The molecule has 4 heteroatoms. The van der Waals surface area contributed by atoms with E-state index in [-0.39, 0.29) is 5.91 Å². The first-order valence-electron chi connectivity index (χ1n) is 8.84. The molecule has 0 unspecified atom stereocenters. The Bertz CT molecular complexity index is 317. The lowest BCUT2D eigenvalue weighted by molar-refractivity contribution is -0.130. The average Bonchev–Trinajstić information content (AvgIpc) is 2.77. The lowest BCUT2D eigenvalue weighted by Crippen LogP contribution is -2.47. The van der Waals surface area contributed by atoms with Crippen molar-refractivity contribution in [2.75, 3.05) is 26.2 Å². The van der Waals surface area contributed by atoms with Crippen LogP contribution in [-0.2, 0) is 4.79 Å². The summed E-state index contributed by atoms with van der Waals surface area (Å²) >= 11 is 0. The van der Waals surface area contributed by atoms with Crippen LogP contribution >= 0.6 is 0 Å². The molecule has 2 rings (SSSR count). The van der Waals surface area contributed by atoms with Crippen LogP contribution in [-0.4, -0.2) is 47.7 Å². The molecule has 0 aromatic carbocycles. The van der Waals surface area contributed by atoms with Crippen LogP contribution in [0.15, 0.2) is 0 Å². The van der Waals surface area contributed by atoms with Crippen LogP contribution in [0.5, 0.6) is 0 Å². The van der Waals surface area contributed by atoms with Crippen LogP contribution in [0, 0.1) is 5.92 Å². The van der Waals surface area contributed by atoms with Crippen molar-refractivity contribution in [3.05, 3.63) is 0 Å². The quantitative estimate of drug-likeness (QED) is 0.818. The van der Waals surface area contributed by atoms with E-state index in [9.17, 15) is 9.90 Å². The molecule has 0 aromatic heterocycles. The first kappa shape index (κ1) is 16.8.